The highest BCUT2D eigenvalue weighted by atomic mass is 16.5. The molecule has 27 heavy (non-hydrogen) atoms. The van der Waals surface area contributed by atoms with E-state index in [4.69, 9.17) is 4.52 Å². The lowest BCUT2D eigenvalue weighted by Crippen LogP contribution is -2.27. The lowest BCUT2D eigenvalue weighted by Gasteiger charge is -2.28. The van der Waals surface area contributed by atoms with Gasteiger partial charge in [0.05, 0.1) is 17.3 Å². The molecule has 1 saturated carbocycles. The fourth-order valence-corrected chi connectivity index (χ4v) is 4.58. The molecule has 2 aliphatic rings. The van der Waals surface area contributed by atoms with Crippen LogP contribution in [0.15, 0.2) is 27.5 Å². The molecule has 1 amide bonds. The second kappa shape index (κ2) is 6.11. The van der Waals surface area contributed by atoms with Gasteiger partial charge < -0.3 is 9.84 Å². The molecule has 1 aromatic carbocycles. The molecular formula is C20H22N4O3. The Morgan fingerprint density at radius 2 is 2.00 bits per heavy atom. The van der Waals surface area contributed by atoms with Gasteiger partial charge in [-0.15, -0.1) is 0 Å². The van der Waals surface area contributed by atoms with E-state index in [-0.39, 0.29) is 29.8 Å². The van der Waals surface area contributed by atoms with Gasteiger partial charge in [0.25, 0.3) is 5.56 Å². The summed E-state index contributed by atoms with van der Waals surface area (Å²) in [4.78, 5) is 25.3. The first-order chi connectivity index (χ1) is 13.1. The van der Waals surface area contributed by atoms with E-state index in [9.17, 15) is 9.59 Å². The van der Waals surface area contributed by atoms with Crippen molar-refractivity contribution in [3.63, 3.8) is 0 Å². The lowest BCUT2D eigenvalue weighted by molar-refractivity contribution is -0.116. The van der Waals surface area contributed by atoms with Crippen molar-refractivity contribution in [1.29, 1.82) is 0 Å². The van der Waals surface area contributed by atoms with Crippen LogP contribution in [0.1, 0.15) is 67.3 Å². The second-order valence-corrected chi connectivity index (χ2v) is 7.69. The van der Waals surface area contributed by atoms with Crippen LogP contribution in [-0.4, -0.2) is 20.8 Å². The molecule has 1 fully saturated rings. The molecule has 5 rings (SSSR count). The number of anilines is 1. The molecule has 0 spiro atoms. The fourth-order valence-electron chi connectivity index (χ4n) is 4.58. The number of carbonyl (C=O) groups is 1. The maximum Gasteiger partial charge on any atom is 0.270 e. The van der Waals surface area contributed by atoms with Crippen molar-refractivity contribution in [2.24, 2.45) is 0 Å². The third kappa shape index (κ3) is 2.60. The van der Waals surface area contributed by atoms with Crippen LogP contribution in [0, 0.1) is 6.92 Å². The van der Waals surface area contributed by atoms with E-state index in [1.807, 2.05) is 29.8 Å². The minimum Gasteiger partial charge on any atom is -0.356 e. The van der Waals surface area contributed by atoms with Crippen molar-refractivity contribution < 1.29 is 9.32 Å². The molecule has 1 atom stereocenters. The van der Waals surface area contributed by atoms with Crippen molar-refractivity contribution in [3.8, 4) is 0 Å². The smallest absolute Gasteiger partial charge is 0.270 e. The van der Waals surface area contributed by atoms with Crippen LogP contribution >= 0.6 is 0 Å². The number of hydrogen-bond acceptors (Lipinski definition) is 4. The van der Waals surface area contributed by atoms with Gasteiger partial charge in [0.2, 0.25) is 5.91 Å². The summed E-state index contributed by atoms with van der Waals surface area (Å²) in [6, 6.07) is 6.03. The number of carbonyl (C=O) groups excluding carboxylic acids is 1. The minimum absolute atomic E-state index is 0.0572. The zero-order valence-electron chi connectivity index (χ0n) is 15.2. The fraction of sp³-hybridized carbons (Fsp3) is 0.450. The molecule has 0 unspecified atom stereocenters. The highest BCUT2D eigenvalue weighted by molar-refractivity contribution is 5.94. The number of aromatic amines is 1. The van der Waals surface area contributed by atoms with Gasteiger partial charge in [-0.2, -0.15) is 0 Å². The van der Waals surface area contributed by atoms with Crippen LogP contribution in [0.25, 0.3) is 11.0 Å². The number of rotatable bonds is 2. The first-order valence-corrected chi connectivity index (χ1v) is 9.62. The summed E-state index contributed by atoms with van der Waals surface area (Å²) >= 11 is 0. The monoisotopic (exact) mass is 366 g/mol. The van der Waals surface area contributed by atoms with Crippen molar-refractivity contribution >= 4 is 22.7 Å². The summed E-state index contributed by atoms with van der Waals surface area (Å²) in [5.41, 5.74) is 3.01. The third-order valence-electron chi connectivity index (χ3n) is 5.97. The number of H-pyrrole nitrogens is 1. The van der Waals surface area contributed by atoms with Crippen molar-refractivity contribution in [3.05, 3.63) is 45.4 Å². The predicted octanol–water partition coefficient (Wildman–Crippen LogP) is 3.61. The largest absolute Gasteiger partial charge is 0.356 e. The summed E-state index contributed by atoms with van der Waals surface area (Å²) in [5, 5.41) is 10.9. The van der Waals surface area contributed by atoms with Gasteiger partial charge in [-0.3, -0.25) is 19.4 Å². The SMILES string of the molecule is Cc1noc2ccc([C@H]3CC(=O)Nc4c3c(=O)[nH]n4C3CCCCC3)cc12. The van der Waals surface area contributed by atoms with E-state index in [2.05, 4.69) is 15.6 Å². The van der Waals surface area contributed by atoms with Crippen LogP contribution in [-0.2, 0) is 4.79 Å². The standard InChI is InChI=1S/C20H22N4O3/c1-11-14-9-12(7-8-16(14)27-23-11)15-10-17(25)21-19-18(15)20(26)22-24(19)13-5-3-2-4-6-13/h7-9,13,15H,2-6,10H2,1H3,(H,21,25)(H,22,26)/t15-/m1/s1. The van der Waals surface area contributed by atoms with Crippen LogP contribution in [0.4, 0.5) is 5.82 Å². The Labute approximate surface area is 155 Å². The molecule has 2 N–H and O–H groups in total. The summed E-state index contributed by atoms with van der Waals surface area (Å²) in [7, 11) is 0. The van der Waals surface area contributed by atoms with Gasteiger partial charge in [-0.25, -0.2) is 0 Å². The molecule has 0 saturated heterocycles. The molecule has 140 valence electrons. The highest BCUT2D eigenvalue weighted by Crippen LogP contribution is 2.39. The predicted molar refractivity (Wildman–Crippen MR) is 101 cm³/mol. The maximum atomic E-state index is 12.8. The first-order valence-electron chi connectivity index (χ1n) is 9.62. The lowest BCUT2D eigenvalue weighted by atomic mass is 9.86. The first kappa shape index (κ1) is 16.4. The summed E-state index contributed by atoms with van der Waals surface area (Å²) in [6.45, 7) is 1.89. The van der Waals surface area contributed by atoms with Gasteiger partial charge in [0, 0.05) is 17.7 Å². The number of hydrogen-bond donors (Lipinski definition) is 2. The van der Waals surface area contributed by atoms with Gasteiger partial charge >= 0.3 is 0 Å². The zero-order valence-corrected chi connectivity index (χ0v) is 15.2. The average Bonchev–Trinajstić information content (AvgIpc) is 3.22. The van der Waals surface area contributed by atoms with E-state index in [0.717, 1.165) is 42.3 Å². The van der Waals surface area contributed by atoms with E-state index >= 15 is 0 Å². The number of aryl methyl sites for hydroxylation is 1. The molecule has 0 radical (unpaired) electrons. The van der Waals surface area contributed by atoms with Crippen molar-refractivity contribution in [2.45, 2.75) is 57.4 Å². The number of nitrogens with one attached hydrogen (secondary N) is 2. The van der Waals surface area contributed by atoms with Crippen LogP contribution < -0.4 is 10.9 Å². The molecule has 2 aromatic heterocycles. The average molecular weight is 366 g/mol. The number of aromatic nitrogens is 3. The molecule has 7 heteroatoms. The van der Waals surface area contributed by atoms with Gasteiger partial charge in [-0.1, -0.05) is 30.5 Å². The summed E-state index contributed by atoms with van der Waals surface area (Å²) in [6.07, 6.45) is 5.87. The highest BCUT2D eigenvalue weighted by Gasteiger charge is 2.34. The number of amides is 1. The van der Waals surface area contributed by atoms with Crippen molar-refractivity contribution in [2.75, 3.05) is 5.32 Å². The third-order valence-corrected chi connectivity index (χ3v) is 5.97. The Bertz CT molecular complexity index is 1080. The van der Waals surface area contributed by atoms with E-state index in [1.165, 1.54) is 6.42 Å². The molecule has 7 nitrogen and oxygen atoms in total. The molecule has 1 aliphatic carbocycles. The normalized spacial score (nSPS) is 20.6. The number of benzene rings is 1. The van der Waals surface area contributed by atoms with E-state index < -0.39 is 0 Å². The van der Waals surface area contributed by atoms with Gasteiger partial charge in [0.15, 0.2) is 5.58 Å². The van der Waals surface area contributed by atoms with Crippen molar-refractivity contribution in [1.82, 2.24) is 14.9 Å². The summed E-state index contributed by atoms with van der Waals surface area (Å²) < 4.78 is 7.19. The molecule has 3 aromatic rings. The number of nitrogens with zero attached hydrogens (tertiary/aromatic N) is 2. The topological polar surface area (TPSA) is 92.9 Å². The number of fused-ring (bicyclic) bond motifs is 2. The van der Waals surface area contributed by atoms with Crippen LogP contribution in [0.5, 0.6) is 0 Å². The van der Waals surface area contributed by atoms with Crippen LogP contribution in [0.2, 0.25) is 0 Å². The van der Waals surface area contributed by atoms with Gasteiger partial charge in [-0.05, 0) is 37.5 Å². The molecule has 0 bridgehead atoms. The summed E-state index contributed by atoms with van der Waals surface area (Å²) in [5.74, 6) is 0.328. The Balaban J connectivity index is 1.63. The second-order valence-electron chi connectivity index (χ2n) is 7.69. The van der Waals surface area contributed by atoms with E-state index in [1.54, 1.807) is 0 Å². The Hall–Kier alpha value is -2.83. The van der Waals surface area contributed by atoms with Crippen LogP contribution in [0.3, 0.4) is 0 Å². The Kier molecular flexibility index (Phi) is 3.70. The minimum atomic E-state index is -0.263. The zero-order chi connectivity index (χ0) is 18.5. The molecule has 3 heterocycles. The quantitative estimate of drug-likeness (QED) is 0.725. The molecular weight excluding hydrogens is 344 g/mol. The van der Waals surface area contributed by atoms with Gasteiger partial charge in [0.1, 0.15) is 5.82 Å². The Morgan fingerprint density at radius 3 is 2.81 bits per heavy atom. The Morgan fingerprint density at radius 1 is 1.19 bits per heavy atom. The maximum absolute atomic E-state index is 12.8. The molecule has 1 aliphatic heterocycles. The van der Waals surface area contributed by atoms with E-state index in [0.29, 0.717) is 17.0 Å².